The number of likely N-dealkylation sites (N-methyl/N-ethyl adjacent to an activating group) is 1. The van der Waals surface area contributed by atoms with Gasteiger partial charge in [0.25, 0.3) is 0 Å². The molecule has 2 rings (SSSR count). The van der Waals surface area contributed by atoms with Crippen molar-refractivity contribution in [1.82, 2.24) is 10.2 Å². The molecule has 1 saturated carbocycles. The van der Waals surface area contributed by atoms with Gasteiger partial charge in [-0.3, -0.25) is 4.79 Å². The van der Waals surface area contributed by atoms with Gasteiger partial charge >= 0.3 is 0 Å². The van der Waals surface area contributed by atoms with E-state index >= 15 is 0 Å². The van der Waals surface area contributed by atoms with Crippen LogP contribution in [0, 0.1) is 0 Å². The number of nitrogens with one attached hydrogen (secondary N) is 1. The summed E-state index contributed by atoms with van der Waals surface area (Å²) < 4.78 is 5.65. The number of nitrogens with zero attached hydrogens (tertiary/aromatic N) is 1. The lowest BCUT2D eigenvalue weighted by molar-refractivity contribution is -0.118. The number of methoxy groups -OCH3 is 1. The normalized spacial score (nSPS) is 25.0. The van der Waals surface area contributed by atoms with Gasteiger partial charge in [0, 0.05) is 19.7 Å². The van der Waals surface area contributed by atoms with Crippen LogP contribution in [0.25, 0.3) is 0 Å². The molecule has 3 atom stereocenters. The predicted molar refractivity (Wildman–Crippen MR) is 93.5 cm³/mol. The van der Waals surface area contributed by atoms with Crippen LogP contribution in [0.3, 0.4) is 0 Å². The van der Waals surface area contributed by atoms with Crippen LogP contribution >= 0.6 is 0 Å². The van der Waals surface area contributed by atoms with Crippen molar-refractivity contribution >= 4 is 5.91 Å². The average molecular weight is 316 g/mol. The van der Waals surface area contributed by atoms with Crippen LogP contribution < -0.4 is 5.32 Å². The zero-order chi connectivity index (χ0) is 16.7. The fraction of sp³-hybridized carbons (Fsp3) is 0.526. The largest absolute Gasteiger partial charge is 0.379 e. The van der Waals surface area contributed by atoms with Gasteiger partial charge in [0.05, 0.1) is 12.1 Å². The minimum Gasteiger partial charge on any atom is -0.379 e. The third kappa shape index (κ3) is 5.48. The molecule has 1 aromatic carbocycles. The summed E-state index contributed by atoms with van der Waals surface area (Å²) in [4.78, 5) is 14.1. The number of rotatable bonds is 6. The first-order chi connectivity index (χ1) is 11.1. The van der Waals surface area contributed by atoms with E-state index in [1.165, 1.54) is 5.56 Å². The summed E-state index contributed by atoms with van der Waals surface area (Å²) in [5, 5.41) is 3.10. The highest BCUT2D eigenvalue weighted by atomic mass is 16.5. The molecule has 0 aliphatic heterocycles. The molecule has 3 unspecified atom stereocenters. The molecule has 4 nitrogen and oxygen atoms in total. The lowest BCUT2D eigenvalue weighted by Crippen LogP contribution is -2.46. The van der Waals surface area contributed by atoms with Crippen LogP contribution in [-0.4, -0.2) is 50.7 Å². The number of carbonyl (C=O) groups is 1. The smallest absolute Gasteiger partial charge is 0.244 e. The molecular weight excluding hydrogens is 288 g/mol. The molecule has 0 aromatic heterocycles. The van der Waals surface area contributed by atoms with Gasteiger partial charge in [-0.05, 0) is 44.8 Å². The van der Waals surface area contributed by atoms with Gasteiger partial charge < -0.3 is 15.0 Å². The Bertz CT molecular complexity index is 513. The maximum Gasteiger partial charge on any atom is 0.244 e. The highest BCUT2D eigenvalue weighted by Crippen LogP contribution is 2.34. The Balaban J connectivity index is 1.89. The third-order valence-corrected chi connectivity index (χ3v) is 4.43. The molecule has 0 bridgehead atoms. The van der Waals surface area contributed by atoms with Crippen molar-refractivity contribution in [3.05, 3.63) is 48.0 Å². The second-order valence-corrected chi connectivity index (χ2v) is 6.47. The summed E-state index contributed by atoms with van der Waals surface area (Å²) >= 11 is 0. The van der Waals surface area contributed by atoms with E-state index in [0.717, 1.165) is 25.8 Å². The quantitative estimate of drug-likeness (QED) is 0.820. The minimum absolute atomic E-state index is 0.0305. The van der Waals surface area contributed by atoms with Crippen molar-refractivity contribution in [2.75, 3.05) is 27.7 Å². The highest BCUT2D eigenvalue weighted by Gasteiger charge is 2.31. The van der Waals surface area contributed by atoms with Crippen molar-refractivity contribution < 1.29 is 9.53 Å². The van der Waals surface area contributed by atoms with Crippen LogP contribution in [-0.2, 0) is 9.53 Å². The van der Waals surface area contributed by atoms with E-state index in [2.05, 4.69) is 29.6 Å². The second kappa shape index (κ2) is 8.85. The summed E-state index contributed by atoms with van der Waals surface area (Å²) in [6.07, 6.45) is 6.55. The Hall–Kier alpha value is -1.65. The Kier molecular flexibility index (Phi) is 6.81. The van der Waals surface area contributed by atoms with E-state index in [-0.39, 0.29) is 18.1 Å². The molecule has 1 fully saturated rings. The monoisotopic (exact) mass is 316 g/mol. The number of hydrogen-bond acceptors (Lipinski definition) is 3. The molecule has 0 heterocycles. The Morgan fingerprint density at radius 2 is 2.04 bits per heavy atom. The van der Waals surface area contributed by atoms with E-state index < -0.39 is 0 Å². The van der Waals surface area contributed by atoms with Gasteiger partial charge in [-0.2, -0.15) is 0 Å². The van der Waals surface area contributed by atoms with Crippen LogP contribution in [0.4, 0.5) is 0 Å². The molecule has 23 heavy (non-hydrogen) atoms. The SMILES string of the molecule is COC1CC(c2ccccc2)CCC1NC(=O)/C=C/CN(C)C. The van der Waals surface area contributed by atoms with Crippen molar-refractivity contribution in [3.8, 4) is 0 Å². The zero-order valence-electron chi connectivity index (χ0n) is 14.4. The van der Waals surface area contributed by atoms with E-state index in [1.54, 1.807) is 13.2 Å². The summed E-state index contributed by atoms with van der Waals surface area (Å²) in [5.41, 5.74) is 1.37. The number of ether oxygens (including phenoxy) is 1. The average Bonchev–Trinajstić information content (AvgIpc) is 2.55. The van der Waals surface area contributed by atoms with Crippen molar-refractivity contribution in [3.63, 3.8) is 0 Å². The first kappa shape index (κ1) is 17.7. The maximum atomic E-state index is 12.0. The third-order valence-electron chi connectivity index (χ3n) is 4.43. The van der Waals surface area contributed by atoms with Crippen molar-refractivity contribution in [2.45, 2.75) is 37.3 Å². The van der Waals surface area contributed by atoms with Crippen LogP contribution in [0.2, 0.25) is 0 Å². The van der Waals surface area contributed by atoms with Gasteiger partial charge in [-0.1, -0.05) is 36.4 Å². The van der Waals surface area contributed by atoms with Gasteiger partial charge in [0.2, 0.25) is 5.91 Å². The molecule has 0 saturated heterocycles. The molecule has 126 valence electrons. The van der Waals surface area contributed by atoms with Gasteiger partial charge in [0.1, 0.15) is 0 Å². The summed E-state index contributed by atoms with van der Waals surface area (Å²) in [6, 6.07) is 10.7. The number of amides is 1. The first-order valence-electron chi connectivity index (χ1n) is 8.29. The lowest BCUT2D eigenvalue weighted by atomic mass is 9.80. The Morgan fingerprint density at radius 1 is 1.30 bits per heavy atom. The van der Waals surface area contributed by atoms with Gasteiger partial charge in [0.15, 0.2) is 0 Å². The summed E-state index contributed by atoms with van der Waals surface area (Å²) in [7, 11) is 5.70. The number of hydrogen-bond donors (Lipinski definition) is 1. The van der Waals surface area contributed by atoms with Crippen molar-refractivity contribution in [2.24, 2.45) is 0 Å². The Labute approximate surface area is 139 Å². The molecule has 1 aliphatic rings. The molecule has 1 aliphatic carbocycles. The zero-order valence-corrected chi connectivity index (χ0v) is 14.4. The van der Waals surface area contributed by atoms with E-state index in [4.69, 9.17) is 4.74 Å². The molecule has 1 aromatic rings. The Morgan fingerprint density at radius 3 is 2.70 bits per heavy atom. The van der Waals surface area contributed by atoms with Crippen LogP contribution in [0.1, 0.15) is 30.7 Å². The summed E-state index contributed by atoms with van der Waals surface area (Å²) in [6.45, 7) is 0.766. The number of carbonyl (C=O) groups excluding carboxylic acids is 1. The van der Waals surface area contributed by atoms with Crippen LogP contribution in [0.5, 0.6) is 0 Å². The molecule has 1 N–H and O–H groups in total. The fourth-order valence-corrected chi connectivity index (χ4v) is 3.18. The van der Waals surface area contributed by atoms with E-state index in [0.29, 0.717) is 5.92 Å². The lowest BCUT2D eigenvalue weighted by Gasteiger charge is -2.35. The first-order valence-corrected chi connectivity index (χ1v) is 8.29. The number of benzene rings is 1. The van der Waals surface area contributed by atoms with E-state index in [1.807, 2.05) is 31.1 Å². The maximum absolute atomic E-state index is 12.0. The summed E-state index contributed by atoms with van der Waals surface area (Å²) in [5.74, 6) is 0.482. The topological polar surface area (TPSA) is 41.6 Å². The molecular formula is C19H28N2O2. The predicted octanol–water partition coefficient (Wildman–Crippen LogP) is 2.57. The standard InChI is InChI=1S/C19H28N2O2/c1-21(2)13-7-10-19(22)20-17-12-11-16(14-18(17)23-3)15-8-5-4-6-9-15/h4-10,16-18H,11-14H2,1-3H3,(H,20,22)/b10-7+. The highest BCUT2D eigenvalue weighted by molar-refractivity contribution is 5.87. The van der Waals surface area contributed by atoms with Gasteiger partial charge in [-0.25, -0.2) is 0 Å². The van der Waals surface area contributed by atoms with Gasteiger partial charge in [-0.15, -0.1) is 0 Å². The minimum atomic E-state index is -0.0305. The van der Waals surface area contributed by atoms with Crippen LogP contribution in [0.15, 0.2) is 42.5 Å². The second-order valence-electron chi connectivity index (χ2n) is 6.47. The van der Waals surface area contributed by atoms with E-state index in [9.17, 15) is 4.79 Å². The fourth-order valence-electron chi connectivity index (χ4n) is 3.18. The molecule has 1 amide bonds. The molecule has 0 radical (unpaired) electrons. The molecule has 0 spiro atoms. The van der Waals surface area contributed by atoms with Crippen molar-refractivity contribution in [1.29, 1.82) is 0 Å². The molecule has 4 heteroatoms.